The van der Waals surface area contributed by atoms with E-state index in [1.54, 1.807) is 26.0 Å². The van der Waals surface area contributed by atoms with Crippen LogP contribution in [0.1, 0.15) is 49.8 Å². The first-order valence-electron chi connectivity index (χ1n) is 11.3. The zero-order chi connectivity index (χ0) is 25.4. The molecule has 0 atom stereocenters. The van der Waals surface area contributed by atoms with Gasteiger partial charge in [-0.15, -0.1) is 11.3 Å². The summed E-state index contributed by atoms with van der Waals surface area (Å²) in [5.74, 6) is 0.0480. The number of anilines is 1. The molecule has 0 spiro atoms. The van der Waals surface area contributed by atoms with E-state index >= 15 is 0 Å². The molecule has 9 heteroatoms. The zero-order valence-electron chi connectivity index (χ0n) is 19.8. The van der Waals surface area contributed by atoms with Gasteiger partial charge in [-0.1, -0.05) is 18.2 Å². The summed E-state index contributed by atoms with van der Waals surface area (Å²) in [4.78, 5) is 43.6. The van der Waals surface area contributed by atoms with Crippen molar-refractivity contribution in [2.24, 2.45) is 0 Å². The predicted molar refractivity (Wildman–Crippen MR) is 136 cm³/mol. The van der Waals surface area contributed by atoms with Gasteiger partial charge in [0.25, 0.3) is 5.91 Å². The van der Waals surface area contributed by atoms with Gasteiger partial charge in [0.15, 0.2) is 17.3 Å². The number of amides is 1. The van der Waals surface area contributed by atoms with Crippen molar-refractivity contribution < 1.29 is 28.6 Å². The molecule has 1 aliphatic rings. The molecular formula is C27H22N2O6S. The van der Waals surface area contributed by atoms with Crippen LogP contribution < -0.4 is 14.8 Å². The molecule has 0 saturated heterocycles. The molecule has 2 aromatic carbocycles. The fourth-order valence-corrected chi connectivity index (χ4v) is 5.21. The minimum atomic E-state index is -0.588. The second-order valence-electron chi connectivity index (χ2n) is 8.13. The predicted octanol–water partition coefficient (Wildman–Crippen LogP) is 5.63. The first kappa shape index (κ1) is 23.5. The summed E-state index contributed by atoms with van der Waals surface area (Å²) in [6, 6.07) is 14.5. The number of nitrogens with zero attached hydrogens (tertiary/aromatic N) is 1. The molecule has 0 aliphatic carbocycles. The van der Waals surface area contributed by atoms with E-state index in [4.69, 9.17) is 19.2 Å². The highest BCUT2D eigenvalue weighted by molar-refractivity contribution is 7.18. The number of aromatic nitrogens is 1. The Balaban J connectivity index is 1.59. The number of carbonyl (C=O) groups excluding carboxylic acids is 3. The standard InChI is InChI=1S/C27H22N2O6S/c1-4-33-27(32)23-14(2)24(15(3)30)36-26(23)29-25(31)18-12-20(28-19-8-6-5-7-17(18)19)16-9-10-21-22(11-16)35-13-34-21/h5-12H,4,13H2,1-3H3,(H,29,31). The maximum Gasteiger partial charge on any atom is 0.341 e. The molecule has 0 radical (unpaired) electrons. The van der Waals surface area contributed by atoms with Crippen LogP contribution in [0.5, 0.6) is 11.5 Å². The Hall–Kier alpha value is -4.24. The number of hydrogen-bond donors (Lipinski definition) is 1. The molecule has 1 N–H and O–H groups in total. The van der Waals surface area contributed by atoms with Gasteiger partial charge in [0, 0.05) is 10.9 Å². The molecule has 3 heterocycles. The molecule has 2 aromatic heterocycles. The van der Waals surface area contributed by atoms with E-state index in [0.29, 0.717) is 44.1 Å². The molecule has 0 fully saturated rings. The number of esters is 1. The Labute approximate surface area is 210 Å². The second-order valence-corrected chi connectivity index (χ2v) is 9.15. The smallest absolute Gasteiger partial charge is 0.341 e. The molecule has 36 heavy (non-hydrogen) atoms. The lowest BCUT2D eigenvalue weighted by Gasteiger charge is -2.11. The first-order chi connectivity index (χ1) is 17.4. The number of thiophene rings is 1. The molecule has 1 amide bonds. The SMILES string of the molecule is CCOC(=O)c1c(NC(=O)c2cc(-c3ccc4c(c3)OCO4)nc3ccccc23)sc(C(C)=O)c1C. The third-order valence-corrected chi connectivity index (χ3v) is 7.11. The summed E-state index contributed by atoms with van der Waals surface area (Å²) < 4.78 is 16.1. The van der Waals surface area contributed by atoms with Gasteiger partial charge in [0.2, 0.25) is 6.79 Å². The van der Waals surface area contributed by atoms with Gasteiger partial charge in [-0.25, -0.2) is 9.78 Å². The van der Waals surface area contributed by atoms with Crippen LogP contribution in [0, 0.1) is 6.92 Å². The average molecular weight is 503 g/mol. The lowest BCUT2D eigenvalue weighted by Crippen LogP contribution is -2.15. The van der Waals surface area contributed by atoms with E-state index in [1.165, 1.54) is 6.92 Å². The second kappa shape index (κ2) is 9.43. The number of para-hydroxylation sites is 1. The van der Waals surface area contributed by atoms with E-state index < -0.39 is 11.9 Å². The van der Waals surface area contributed by atoms with Crippen LogP contribution in [0.15, 0.2) is 48.5 Å². The summed E-state index contributed by atoms with van der Waals surface area (Å²) in [5, 5.41) is 3.77. The monoisotopic (exact) mass is 502 g/mol. The summed E-state index contributed by atoms with van der Waals surface area (Å²) in [5.41, 5.74) is 3.03. The van der Waals surface area contributed by atoms with Crippen molar-refractivity contribution in [2.45, 2.75) is 20.8 Å². The van der Waals surface area contributed by atoms with Crippen molar-refractivity contribution in [3.63, 3.8) is 0 Å². The number of ether oxygens (including phenoxy) is 3. The quantitative estimate of drug-likeness (QED) is 0.269. The minimum Gasteiger partial charge on any atom is -0.462 e. The largest absolute Gasteiger partial charge is 0.462 e. The molecular weight excluding hydrogens is 480 g/mol. The number of benzene rings is 2. The van der Waals surface area contributed by atoms with Gasteiger partial charge in [0.05, 0.1) is 33.8 Å². The molecule has 4 aromatic rings. The number of Topliss-reactive ketones (excluding diaryl/α,β-unsaturated/α-hetero) is 1. The molecule has 5 rings (SSSR count). The molecule has 8 nitrogen and oxygen atoms in total. The lowest BCUT2D eigenvalue weighted by atomic mass is 10.0. The van der Waals surface area contributed by atoms with Gasteiger partial charge in [-0.3, -0.25) is 9.59 Å². The Morgan fingerprint density at radius 3 is 2.64 bits per heavy atom. The maximum atomic E-state index is 13.6. The zero-order valence-corrected chi connectivity index (χ0v) is 20.7. The Morgan fingerprint density at radius 2 is 1.86 bits per heavy atom. The van der Waals surface area contributed by atoms with E-state index in [2.05, 4.69) is 5.32 Å². The Morgan fingerprint density at radius 1 is 1.08 bits per heavy atom. The van der Waals surface area contributed by atoms with Crippen molar-refractivity contribution in [1.29, 1.82) is 0 Å². The van der Waals surface area contributed by atoms with Crippen LogP contribution in [0.25, 0.3) is 22.2 Å². The number of hydrogen-bond acceptors (Lipinski definition) is 8. The van der Waals surface area contributed by atoms with Crippen molar-refractivity contribution in [1.82, 2.24) is 4.98 Å². The highest BCUT2D eigenvalue weighted by Gasteiger charge is 2.26. The van der Waals surface area contributed by atoms with Crippen LogP contribution in [-0.4, -0.2) is 36.0 Å². The van der Waals surface area contributed by atoms with Crippen molar-refractivity contribution >= 4 is 44.9 Å². The van der Waals surface area contributed by atoms with Gasteiger partial charge in [-0.2, -0.15) is 0 Å². The average Bonchev–Trinajstić information content (AvgIpc) is 3.47. The fourth-order valence-electron chi connectivity index (χ4n) is 4.12. The summed E-state index contributed by atoms with van der Waals surface area (Å²) >= 11 is 1.06. The summed E-state index contributed by atoms with van der Waals surface area (Å²) in [6.07, 6.45) is 0. The number of rotatable bonds is 6. The fraction of sp³-hybridized carbons (Fsp3) is 0.185. The van der Waals surface area contributed by atoms with Crippen LogP contribution in [0.3, 0.4) is 0 Å². The van der Waals surface area contributed by atoms with E-state index in [1.807, 2.05) is 36.4 Å². The molecule has 0 unspecified atom stereocenters. The van der Waals surface area contributed by atoms with Gasteiger partial charge >= 0.3 is 5.97 Å². The number of nitrogens with one attached hydrogen (secondary N) is 1. The van der Waals surface area contributed by atoms with Crippen LogP contribution in [0.4, 0.5) is 5.00 Å². The van der Waals surface area contributed by atoms with Gasteiger partial charge in [-0.05, 0) is 56.7 Å². The van der Waals surface area contributed by atoms with Crippen molar-refractivity contribution in [3.05, 3.63) is 70.1 Å². The number of pyridine rings is 1. The summed E-state index contributed by atoms with van der Waals surface area (Å²) in [6.45, 7) is 5.13. The van der Waals surface area contributed by atoms with Gasteiger partial charge < -0.3 is 19.5 Å². The third-order valence-electron chi connectivity index (χ3n) is 5.80. The Bertz CT molecular complexity index is 1540. The number of ketones is 1. The van der Waals surface area contributed by atoms with E-state index in [0.717, 1.165) is 16.9 Å². The summed E-state index contributed by atoms with van der Waals surface area (Å²) in [7, 11) is 0. The highest BCUT2D eigenvalue weighted by Crippen LogP contribution is 2.37. The van der Waals surface area contributed by atoms with Crippen LogP contribution >= 0.6 is 11.3 Å². The van der Waals surface area contributed by atoms with E-state index in [9.17, 15) is 14.4 Å². The molecule has 0 bridgehead atoms. The highest BCUT2D eigenvalue weighted by atomic mass is 32.1. The topological polar surface area (TPSA) is 104 Å². The number of fused-ring (bicyclic) bond motifs is 2. The molecule has 1 aliphatic heterocycles. The van der Waals surface area contributed by atoms with Crippen molar-refractivity contribution in [3.8, 4) is 22.8 Å². The molecule has 0 saturated carbocycles. The van der Waals surface area contributed by atoms with E-state index in [-0.39, 0.29) is 29.7 Å². The van der Waals surface area contributed by atoms with Crippen molar-refractivity contribution in [2.75, 3.05) is 18.7 Å². The van der Waals surface area contributed by atoms with Crippen LogP contribution in [-0.2, 0) is 4.74 Å². The Kier molecular flexibility index (Phi) is 6.15. The molecule has 182 valence electrons. The lowest BCUT2D eigenvalue weighted by molar-refractivity contribution is 0.0527. The third kappa shape index (κ3) is 4.18. The first-order valence-corrected chi connectivity index (χ1v) is 12.1. The maximum absolute atomic E-state index is 13.6. The van der Waals surface area contributed by atoms with Crippen LogP contribution in [0.2, 0.25) is 0 Å². The normalized spacial score (nSPS) is 12.0. The minimum absolute atomic E-state index is 0.156. The number of carbonyl (C=O) groups is 3. The van der Waals surface area contributed by atoms with Gasteiger partial charge in [0.1, 0.15) is 5.00 Å².